The SMILES string of the molecule is Cc1nc(C)c(-c2ccc(C(=O)NCc3csc(N(C)C)n3)cc2)s1. The maximum atomic E-state index is 12.3. The molecule has 1 aromatic carbocycles. The van der Waals surface area contributed by atoms with Crippen molar-refractivity contribution in [2.24, 2.45) is 0 Å². The lowest BCUT2D eigenvalue weighted by atomic mass is 10.1. The molecule has 0 spiro atoms. The first-order chi connectivity index (χ1) is 11.9. The van der Waals surface area contributed by atoms with E-state index in [9.17, 15) is 4.79 Å². The summed E-state index contributed by atoms with van der Waals surface area (Å²) >= 11 is 3.24. The van der Waals surface area contributed by atoms with Gasteiger partial charge >= 0.3 is 0 Å². The number of rotatable bonds is 5. The number of hydrogen-bond acceptors (Lipinski definition) is 6. The largest absolute Gasteiger partial charge is 0.354 e. The predicted octanol–water partition coefficient (Wildman–Crippen LogP) is 3.88. The lowest BCUT2D eigenvalue weighted by molar-refractivity contribution is 0.0950. The molecule has 5 nitrogen and oxygen atoms in total. The Hall–Kier alpha value is -2.25. The summed E-state index contributed by atoms with van der Waals surface area (Å²) in [4.78, 5) is 24.4. The third-order valence-electron chi connectivity index (χ3n) is 3.67. The van der Waals surface area contributed by atoms with E-state index in [1.807, 2.05) is 62.5 Å². The number of aromatic nitrogens is 2. The number of benzene rings is 1. The summed E-state index contributed by atoms with van der Waals surface area (Å²) in [5.41, 5.74) is 3.63. The van der Waals surface area contributed by atoms with E-state index in [4.69, 9.17) is 0 Å². The third-order valence-corrected chi connectivity index (χ3v) is 5.84. The molecule has 3 rings (SSSR count). The first-order valence-corrected chi connectivity index (χ1v) is 9.58. The van der Waals surface area contributed by atoms with E-state index in [1.54, 1.807) is 22.7 Å². The molecule has 0 saturated carbocycles. The summed E-state index contributed by atoms with van der Waals surface area (Å²) in [5.74, 6) is -0.0943. The van der Waals surface area contributed by atoms with Crippen molar-refractivity contribution in [3.05, 3.63) is 51.6 Å². The lowest BCUT2D eigenvalue weighted by Gasteiger charge is -2.06. The van der Waals surface area contributed by atoms with Gasteiger partial charge in [0.1, 0.15) is 0 Å². The summed E-state index contributed by atoms with van der Waals surface area (Å²) < 4.78 is 0. The Labute approximate surface area is 155 Å². The average molecular weight is 373 g/mol. The highest BCUT2D eigenvalue weighted by Gasteiger charge is 2.11. The summed E-state index contributed by atoms with van der Waals surface area (Å²) in [6, 6.07) is 7.65. The van der Waals surface area contributed by atoms with Gasteiger partial charge in [0.25, 0.3) is 5.91 Å². The molecule has 2 aromatic heterocycles. The first-order valence-electron chi connectivity index (χ1n) is 7.88. The standard InChI is InChI=1S/C18H20N4OS2/c1-11-16(25-12(2)20-11)13-5-7-14(8-6-13)17(23)19-9-15-10-24-18(21-15)22(3)4/h5-8,10H,9H2,1-4H3,(H,19,23). The zero-order chi connectivity index (χ0) is 18.0. The number of hydrogen-bond donors (Lipinski definition) is 1. The summed E-state index contributed by atoms with van der Waals surface area (Å²) in [6.07, 6.45) is 0. The molecule has 0 fully saturated rings. The molecule has 25 heavy (non-hydrogen) atoms. The fourth-order valence-electron chi connectivity index (χ4n) is 2.43. The number of aryl methyl sites for hydroxylation is 2. The minimum atomic E-state index is -0.0943. The number of carbonyl (C=O) groups is 1. The molecule has 1 N–H and O–H groups in total. The molecule has 2 heterocycles. The van der Waals surface area contributed by atoms with Crippen LogP contribution >= 0.6 is 22.7 Å². The van der Waals surface area contributed by atoms with Crippen LogP contribution in [0.2, 0.25) is 0 Å². The van der Waals surface area contributed by atoms with Crippen LogP contribution in [0.25, 0.3) is 10.4 Å². The Morgan fingerprint density at radius 2 is 1.88 bits per heavy atom. The summed E-state index contributed by atoms with van der Waals surface area (Å²) in [5, 5.41) is 6.87. The van der Waals surface area contributed by atoms with Crippen molar-refractivity contribution < 1.29 is 4.79 Å². The topological polar surface area (TPSA) is 58.1 Å². The molecule has 1 amide bonds. The Balaban J connectivity index is 1.65. The molecule has 0 atom stereocenters. The predicted molar refractivity (Wildman–Crippen MR) is 105 cm³/mol. The van der Waals surface area contributed by atoms with Crippen molar-refractivity contribution in [1.29, 1.82) is 0 Å². The van der Waals surface area contributed by atoms with E-state index in [2.05, 4.69) is 15.3 Å². The van der Waals surface area contributed by atoms with Gasteiger partial charge < -0.3 is 10.2 Å². The second-order valence-corrected chi connectivity index (χ2v) is 7.96. The van der Waals surface area contributed by atoms with Gasteiger partial charge in [0, 0.05) is 25.0 Å². The van der Waals surface area contributed by atoms with Crippen LogP contribution in [0.15, 0.2) is 29.6 Å². The molecular weight excluding hydrogens is 352 g/mol. The highest BCUT2D eigenvalue weighted by Crippen LogP contribution is 2.29. The van der Waals surface area contributed by atoms with Gasteiger partial charge in [-0.25, -0.2) is 9.97 Å². The molecule has 0 bridgehead atoms. The van der Waals surface area contributed by atoms with Crippen molar-refractivity contribution in [3.8, 4) is 10.4 Å². The lowest BCUT2D eigenvalue weighted by Crippen LogP contribution is -2.23. The van der Waals surface area contributed by atoms with Crippen molar-refractivity contribution in [2.45, 2.75) is 20.4 Å². The maximum Gasteiger partial charge on any atom is 0.251 e. The van der Waals surface area contributed by atoms with E-state index in [0.717, 1.165) is 32.0 Å². The second-order valence-electron chi connectivity index (χ2n) is 5.92. The van der Waals surface area contributed by atoms with Crippen molar-refractivity contribution in [1.82, 2.24) is 15.3 Å². The van der Waals surface area contributed by atoms with E-state index < -0.39 is 0 Å². The van der Waals surface area contributed by atoms with E-state index in [-0.39, 0.29) is 5.91 Å². The third kappa shape index (κ3) is 4.05. The molecule has 0 aliphatic carbocycles. The summed E-state index contributed by atoms with van der Waals surface area (Å²) in [6.45, 7) is 4.44. The first kappa shape index (κ1) is 17.6. The fraction of sp³-hybridized carbons (Fsp3) is 0.278. The van der Waals surface area contributed by atoms with Crippen LogP contribution < -0.4 is 10.2 Å². The highest BCUT2D eigenvalue weighted by atomic mass is 32.1. The fourth-order valence-corrected chi connectivity index (χ4v) is 4.11. The van der Waals surface area contributed by atoms with Crippen LogP contribution in [-0.4, -0.2) is 30.0 Å². The van der Waals surface area contributed by atoms with E-state index in [1.165, 1.54) is 0 Å². The van der Waals surface area contributed by atoms with Crippen LogP contribution in [0.4, 0.5) is 5.13 Å². The molecule has 0 aliphatic heterocycles. The number of nitrogens with zero attached hydrogens (tertiary/aromatic N) is 3. The summed E-state index contributed by atoms with van der Waals surface area (Å²) in [7, 11) is 3.91. The molecule has 0 unspecified atom stereocenters. The Kier molecular flexibility index (Phi) is 5.15. The van der Waals surface area contributed by atoms with Gasteiger partial charge in [-0.3, -0.25) is 4.79 Å². The van der Waals surface area contributed by atoms with Gasteiger partial charge in [0.2, 0.25) is 0 Å². The molecule has 130 valence electrons. The van der Waals surface area contributed by atoms with Crippen LogP contribution in [-0.2, 0) is 6.54 Å². The highest BCUT2D eigenvalue weighted by molar-refractivity contribution is 7.15. The number of nitrogens with one attached hydrogen (secondary N) is 1. The van der Waals surface area contributed by atoms with Crippen molar-refractivity contribution in [3.63, 3.8) is 0 Å². The monoisotopic (exact) mass is 372 g/mol. The minimum Gasteiger partial charge on any atom is -0.354 e. The quantitative estimate of drug-likeness (QED) is 0.738. The van der Waals surface area contributed by atoms with Gasteiger partial charge in [-0.2, -0.15) is 0 Å². The van der Waals surface area contributed by atoms with Crippen LogP contribution in [0.1, 0.15) is 26.8 Å². The molecular formula is C18H20N4OS2. The molecule has 7 heteroatoms. The number of carbonyl (C=O) groups excluding carboxylic acids is 1. The zero-order valence-corrected chi connectivity index (χ0v) is 16.3. The number of anilines is 1. The van der Waals surface area contributed by atoms with Crippen molar-refractivity contribution >= 4 is 33.7 Å². The maximum absolute atomic E-state index is 12.3. The normalized spacial score (nSPS) is 10.7. The Bertz CT molecular complexity index is 881. The van der Waals surface area contributed by atoms with Crippen molar-refractivity contribution in [2.75, 3.05) is 19.0 Å². The van der Waals surface area contributed by atoms with E-state index in [0.29, 0.717) is 12.1 Å². The number of amides is 1. The van der Waals surface area contributed by atoms with Crippen LogP contribution in [0.3, 0.4) is 0 Å². The van der Waals surface area contributed by atoms with E-state index >= 15 is 0 Å². The van der Waals surface area contributed by atoms with Crippen LogP contribution in [0, 0.1) is 13.8 Å². The van der Waals surface area contributed by atoms with Gasteiger partial charge in [-0.05, 0) is 31.5 Å². The average Bonchev–Trinajstić information content (AvgIpc) is 3.19. The van der Waals surface area contributed by atoms with Gasteiger partial charge in [0.05, 0.1) is 27.8 Å². The second kappa shape index (κ2) is 7.33. The minimum absolute atomic E-state index is 0.0943. The molecule has 3 aromatic rings. The zero-order valence-electron chi connectivity index (χ0n) is 14.7. The smallest absolute Gasteiger partial charge is 0.251 e. The van der Waals surface area contributed by atoms with Gasteiger partial charge in [0.15, 0.2) is 5.13 Å². The molecule has 0 radical (unpaired) electrons. The molecule has 0 saturated heterocycles. The Morgan fingerprint density at radius 1 is 1.16 bits per heavy atom. The van der Waals surface area contributed by atoms with Gasteiger partial charge in [-0.1, -0.05) is 12.1 Å². The van der Waals surface area contributed by atoms with Crippen LogP contribution in [0.5, 0.6) is 0 Å². The number of thiazole rings is 2. The molecule has 0 aliphatic rings. The Morgan fingerprint density at radius 3 is 2.44 bits per heavy atom. The van der Waals surface area contributed by atoms with Gasteiger partial charge in [-0.15, -0.1) is 22.7 Å².